The molecule has 16 heavy (non-hydrogen) atoms. The molecule has 0 spiro atoms. The van der Waals surface area contributed by atoms with E-state index in [9.17, 15) is 0 Å². The Kier molecular flexibility index (Phi) is 4.69. The van der Waals surface area contributed by atoms with Crippen LogP contribution in [0.2, 0.25) is 0 Å². The van der Waals surface area contributed by atoms with Crippen molar-refractivity contribution in [3.63, 3.8) is 0 Å². The van der Waals surface area contributed by atoms with Crippen LogP contribution >= 0.6 is 0 Å². The smallest absolute Gasteiger partial charge is 0.159 e. The van der Waals surface area contributed by atoms with Gasteiger partial charge >= 0.3 is 0 Å². The Morgan fingerprint density at radius 1 is 1.06 bits per heavy atom. The molecule has 0 aromatic rings. The van der Waals surface area contributed by atoms with Gasteiger partial charge in [-0.2, -0.15) is 0 Å². The quantitative estimate of drug-likeness (QED) is 0.683. The van der Waals surface area contributed by atoms with E-state index in [4.69, 9.17) is 15.9 Å². The second-order valence-electron chi connectivity index (χ2n) is 4.92. The number of rotatable bonds is 3. The number of ether oxygens (including phenoxy) is 2. The highest BCUT2D eigenvalue weighted by Gasteiger charge is 2.26. The zero-order valence-electron chi connectivity index (χ0n) is 9.99. The second kappa shape index (κ2) is 6.27. The van der Waals surface area contributed by atoms with Crippen LogP contribution < -0.4 is 0 Å². The van der Waals surface area contributed by atoms with E-state index >= 15 is 0 Å². The molecule has 0 aromatic heterocycles. The molecule has 2 unspecified atom stereocenters. The highest BCUT2D eigenvalue weighted by atomic mass is 16.7. The number of hydrogen-bond donors (Lipinski definition) is 0. The van der Waals surface area contributed by atoms with Crippen molar-refractivity contribution in [1.29, 1.82) is 0 Å². The lowest BCUT2D eigenvalue weighted by atomic mass is 9.85. The molecule has 0 aromatic carbocycles. The second-order valence-corrected chi connectivity index (χ2v) is 4.92. The van der Waals surface area contributed by atoms with Crippen molar-refractivity contribution in [2.24, 2.45) is 5.92 Å². The molecular weight excluding hydrogens is 200 g/mol. The van der Waals surface area contributed by atoms with Gasteiger partial charge in [-0.15, -0.1) is 6.42 Å². The molecule has 2 fully saturated rings. The Bertz CT molecular complexity index is 232. The molecule has 2 heteroatoms. The molecule has 0 amide bonds. The molecule has 1 heterocycles. The molecule has 2 rings (SSSR count). The lowest BCUT2D eigenvalue weighted by Crippen LogP contribution is -2.32. The highest BCUT2D eigenvalue weighted by Crippen LogP contribution is 2.29. The van der Waals surface area contributed by atoms with Crippen LogP contribution in [0.4, 0.5) is 0 Å². The van der Waals surface area contributed by atoms with Gasteiger partial charge in [-0.05, 0) is 38.0 Å². The third kappa shape index (κ3) is 3.23. The van der Waals surface area contributed by atoms with Crippen molar-refractivity contribution in [2.75, 3.05) is 6.61 Å². The fourth-order valence-corrected chi connectivity index (χ4v) is 2.71. The third-order valence-electron chi connectivity index (χ3n) is 3.68. The maximum Gasteiger partial charge on any atom is 0.159 e. The number of terminal acetylenes is 1. The average Bonchev–Trinajstić information content (AvgIpc) is 2.38. The van der Waals surface area contributed by atoms with Gasteiger partial charge < -0.3 is 9.47 Å². The fourth-order valence-electron chi connectivity index (χ4n) is 2.71. The first kappa shape index (κ1) is 12.0. The first-order valence-electron chi connectivity index (χ1n) is 6.63. The standard InChI is InChI=1S/C14H22O2/c1-2-13(12-8-4-3-5-9-12)16-14-10-6-7-11-15-14/h1,12-14H,3-11H2. The molecule has 2 atom stereocenters. The molecule has 1 saturated heterocycles. The van der Waals surface area contributed by atoms with E-state index in [0.717, 1.165) is 19.4 Å². The van der Waals surface area contributed by atoms with Crippen LogP contribution in [0.25, 0.3) is 0 Å². The molecule has 2 aliphatic rings. The first-order chi connectivity index (χ1) is 7.90. The summed E-state index contributed by atoms with van der Waals surface area (Å²) < 4.78 is 11.5. The maximum absolute atomic E-state index is 5.92. The molecule has 90 valence electrons. The summed E-state index contributed by atoms with van der Waals surface area (Å²) >= 11 is 0. The van der Waals surface area contributed by atoms with Crippen LogP contribution in [-0.2, 0) is 9.47 Å². The summed E-state index contributed by atoms with van der Waals surface area (Å²) in [5.41, 5.74) is 0. The lowest BCUT2D eigenvalue weighted by Gasteiger charge is -2.31. The Balaban J connectivity index is 1.81. The summed E-state index contributed by atoms with van der Waals surface area (Å²) in [5, 5.41) is 0. The predicted octanol–water partition coefficient (Wildman–Crippen LogP) is 3.11. The van der Waals surface area contributed by atoms with Gasteiger partial charge in [-0.3, -0.25) is 0 Å². The van der Waals surface area contributed by atoms with Crippen LogP contribution in [0.5, 0.6) is 0 Å². The van der Waals surface area contributed by atoms with Gasteiger partial charge in [0.05, 0.1) is 0 Å². The molecule has 0 radical (unpaired) electrons. The van der Waals surface area contributed by atoms with E-state index in [1.54, 1.807) is 0 Å². The Morgan fingerprint density at radius 3 is 2.44 bits per heavy atom. The van der Waals surface area contributed by atoms with E-state index in [1.807, 2.05) is 0 Å². The van der Waals surface area contributed by atoms with E-state index in [0.29, 0.717) is 5.92 Å². The Labute approximate surface area is 98.7 Å². The zero-order chi connectivity index (χ0) is 11.2. The van der Waals surface area contributed by atoms with Crippen molar-refractivity contribution in [3.8, 4) is 12.3 Å². The van der Waals surface area contributed by atoms with Gasteiger partial charge in [-0.1, -0.05) is 25.2 Å². The minimum Gasteiger partial charge on any atom is -0.353 e. The molecule has 0 N–H and O–H groups in total. The van der Waals surface area contributed by atoms with Crippen LogP contribution in [0, 0.1) is 18.3 Å². The summed E-state index contributed by atoms with van der Waals surface area (Å²) in [4.78, 5) is 0. The SMILES string of the molecule is C#CC(OC1CCCCO1)C1CCCCC1. The summed E-state index contributed by atoms with van der Waals surface area (Å²) in [6.07, 6.45) is 15.3. The third-order valence-corrected chi connectivity index (χ3v) is 3.68. The fraction of sp³-hybridized carbons (Fsp3) is 0.857. The van der Waals surface area contributed by atoms with Crippen LogP contribution in [0.1, 0.15) is 51.4 Å². The summed E-state index contributed by atoms with van der Waals surface area (Å²) in [6, 6.07) is 0. The predicted molar refractivity (Wildman–Crippen MR) is 63.9 cm³/mol. The molecule has 1 aliphatic carbocycles. The van der Waals surface area contributed by atoms with E-state index in [2.05, 4.69) is 5.92 Å². The lowest BCUT2D eigenvalue weighted by molar-refractivity contribution is -0.187. The van der Waals surface area contributed by atoms with Crippen molar-refractivity contribution in [2.45, 2.75) is 63.8 Å². The van der Waals surface area contributed by atoms with Gasteiger partial charge in [0.15, 0.2) is 6.29 Å². The average molecular weight is 222 g/mol. The maximum atomic E-state index is 5.92. The molecule has 1 saturated carbocycles. The molecule has 0 bridgehead atoms. The van der Waals surface area contributed by atoms with Gasteiger partial charge in [0.2, 0.25) is 0 Å². The minimum absolute atomic E-state index is 0.0246. The molecular formula is C14H22O2. The van der Waals surface area contributed by atoms with Crippen molar-refractivity contribution in [3.05, 3.63) is 0 Å². The molecule has 2 nitrogen and oxygen atoms in total. The van der Waals surface area contributed by atoms with Crippen molar-refractivity contribution < 1.29 is 9.47 Å². The van der Waals surface area contributed by atoms with E-state index in [-0.39, 0.29) is 12.4 Å². The van der Waals surface area contributed by atoms with Crippen LogP contribution in [-0.4, -0.2) is 19.0 Å². The molecule has 1 aliphatic heterocycles. The van der Waals surface area contributed by atoms with E-state index < -0.39 is 0 Å². The van der Waals surface area contributed by atoms with Crippen LogP contribution in [0.3, 0.4) is 0 Å². The van der Waals surface area contributed by atoms with Gasteiger partial charge in [0.1, 0.15) is 6.10 Å². The van der Waals surface area contributed by atoms with E-state index in [1.165, 1.54) is 38.5 Å². The largest absolute Gasteiger partial charge is 0.353 e. The summed E-state index contributed by atoms with van der Waals surface area (Å²) in [7, 11) is 0. The summed E-state index contributed by atoms with van der Waals surface area (Å²) in [5.74, 6) is 3.38. The zero-order valence-corrected chi connectivity index (χ0v) is 9.99. The summed E-state index contributed by atoms with van der Waals surface area (Å²) in [6.45, 7) is 0.826. The Hall–Kier alpha value is -0.520. The van der Waals surface area contributed by atoms with Crippen LogP contribution in [0.15, 0.2) is 0 Å². The van der Waals surface area contributed by atoms with Crippen molar-refractivity contribution in [1.82, 2.24) is 0 Å². The van der Waals surface area contributed by atoms with Gasteiger partial charge in [-0.25, -0.2) is 0 Å². The van der Waals surface area contributed by atoms with Crippen molar-refractivity contribution >= 4 is 0 Å². The Morgan fingerprint density at radius 2 is 1.81 bits per heavy atom. The van der Waals surface area contributed by atoms with Gasteiger partial charge in [0, 0.05) is 6.61 Å². The highest BCUT2D eigenvalue weighted by molar-refractivity contribution is 4.99. The first-order valence-corrected chi connectivity index (χ1v) is 6.63. The monoisotopic (exact) mass is 222 g/mol. The topological polar surface area (TPSA) is 18.5 Å². The minimum atomic E-state index is -0.0447. The van der Waals surface area contributed by atoms with Gasteiger partial charge in [0.25, 0.3) is 0 Å². The normalized spacial score (nSPS) is 29.6. The number of hydrogen-bond acceptors (Lipinski definition) is 2.